The van der Waals surface area contributed by atoms with E-state index in [2.05, 4.69) is 0 Å². The number of aliphatic hydroxyl groups excluding tert-OH is 1. The second kappa shape index (κ2) is 3.98. The maximum absolute atomic E-state index is 9.16. The van der Waals surface area contributed by atoms with Gasteiger partial charge in [0.1, 0.15) is 18.1 Å². The molecule has 0 spiro atoms. The van der Waals surface area contributed by atoms with Crippen molar-refractivity contribution in [1.29, 1.82) is 0 Å². The molecular weight excluding hydrogens is 194 g/mol. The van der Waals surface area contributed by atoms with Gasteiger partial charge < -0.3 is 19.5 Å². The van der Waals surface area contributed by atoms with Crippen molar-refractivity contribution in [3.05, 3.63) is 18.2 Å². The molecule has 0 bridgehead atoms. The molecule has 1 N–H and O–H groups in total. The van der Waals surface area contributed by atoms with E-state index in [0.29, 0.717) is 6.61 Å². The molecule has 0 saturated carbocycles. The average molecular weight is 209 g/mol. The number of nitrogens with zero attached hydrogens (tertiary/aromatic N) is 1. The Morgan fingerprint density at radius 3 is 3.07 bits per heavy atom. The molecule has 2 rings (SSSR count). The lowest BCUT2D eigenvalue weighted by atomic mass is 10.1. The molecule has 82 valence electrons. The Kier molecular flexibility index (Phi) is 2.68. The van der Waals surface area contributed by atoms with Gasteiger partial charge in [-0.25, -0.2) is 0 Å². The number of benzene rings is 1. The number of hydrogen-bond donors (Lipinski definition) is 1. The first kappa shape index (κ1) is 10.1. The van der Waals surface area contributed by atoms with Crippen LogP contribution in [0.5, 0.6) is 11.5 Å². The second-order valence-electron chi connectivity index (χ2n) is 3.59. The molecule has 1 aliphatic rings. The fraction of sp³-hybridized carbons (Fsp3) is 0.455. The van der Waals surface area contributed by atoms with Crippen LogP contribution in [0.15, 0.2) is 18.2 Å². The molecule has 0 radical (unpaired) electrons. The van der Waals surface area contributed by atoms with E-state index in [9.17, 15) is 0 Å². The molecule has 4 nitrogen and oxygen atoms in total. The lowest BCUT2D eigenvalue weighted by Crippen LogP contribution is -2.42. The number of ether oxygens (including phenoxy) is 2. The van der Waals surface area contributed by atoms with Crippen LogP contribution >= 0.6 is 0 Å². The van der Waals surface area contributed by atoms with Crippen molar-refractivity contribution in [2.24, 2.45) is 0 Å². The van der Waals surface area contributed by atoms with Crippen molar-refractivity contribution in [1.82, 2.24) is 0 Å². The maximum Gasteiger partial charge on any atom is 0.142 e. The summed E-state index contributed by atoms with van der Waals surface area (Å²) in [6.45, 7) is 0.611. The van der Waals surface area contributed by atoms with Gasteiger partial charge in [-0.3, -0.25) is 0 Å². The van der Waals surface area contributed by atoms with Crippen molar-refractivity contribution in [2.45, 2.75) is 6.04 Å². The highest BCUT2D eigenvalue weighted by atomic mass is 16.5. The van der Waals surface area contributed by atoms with E-state index in [1.54, 1.807) is 7.11 Å². The third-order valence-corrected chi connectivity index (χ3v) is 2.74. The Morgan fingerprint density at radius 2 is 2.40 bits per heavy atom. The van der Waals surface area contributed by atoms with Gasteiger partial charge in [0, 0.05) is 13.1 Å². The summed E-state index contributed by atoms with van der Waals surface area (Å²) in [4.78, 5) is 2.02. The number of aliphatic hydroxyl groups is 1. The summed E-state index contributed by atoms with van der Waals surface area (Å²) in [5, 5.41) is 9.16. The second-order valence-corrected chi connectivity index (χ2v) is 3.59. The van der Waals surface area contributed by atoms with Gasteiger partial charge in [0.25, 0.3) is 0 Å². The van der Waals surface area contributed by atoms with E-state index in [1.165, 1.54) is 0 Å². The van der Waals surface area contributed by atoms with E-state index >= 15 is 0 Å². The van der Waals surface area contributed by atoms with Crippen LogP contribution in [-0.4, -0.2) is 38.5 Å². The van der Waals surface area contributed by atoms with E-state index in [4.69, 9.17) is 14.6 Å². The predicted molar refractivity (Wildman–Crippen MR) is 57.8 cm³/mol. The van der Waals surface area contributed by atoms with Crippen LogP contribution in [0, 0.1) is 0 Å². The largest absolute Gasteiger partial charge is 0.497 e. The summed E-state index contributed by atoms with van der Waals surface area (Å²) >= 11 is 0. The van der Waals surface area contributed by atoms with E-state index < -0.39 is 0 Å². The van der Waals surface area contributed by atoms with Crippen molar-refractivity contribution < 1.29 is 14.6 Å². The lowest BCUT2D eigenvalue weighted by molar-refractivity contribution is 0.191. The molecule has 1 aliphatic heterocycles. The zero-order chi connectivity index (χ0) is 10.8. The molecule has 0 saturated heterocycles. The fourth-order valence-corrected chi connectivity index (χ4v) is 1.69. The number of fused-ring (bicyclic) bond motifs is 1. The summed E-state index contributed by atoms with van der Waals surface area (Å²) in [6, 6.07) is 5.69. The molecule has 1 unspecified atom stereocenters. The van der Waals surface area contributed by atoms with E-state index in [0.717, 1.165) is 17.2 Å². The monoisotopic (exact) mass is 209 g/mol. The van der Waals surface area contributed by atoms with Gasteiger partial charge in [0.05, 0.1) is 25.4 Å². The smallest absolute Gasteiger partial charge is 0.142 e. The fourth-order valence-electron chi connectivity index (χ4n) is 1.69. The summed E-state index contributed by atoms with van der Waals surface area (Å²) in [6.07, 6.45) is 0. The van der Waals surface area contributed by atoms with Gasteiger partial charge in [-0.2, -0.15) is 0 Å². The highest BCUT2D eigenvalue weighted by Crippen LogP contribution is 2.35. The highest BCUT2D eigenvalue weighted by Gasteiger charge is 2.24. The number of hydrogen-bond acceptors (Lipinski definition) is 4. The molecule has 0 aromatic heterocycles. The van der Waals surface area contributed by atoms with Crippen molar-refractivity contribution in [3.8, 4) is 11.5 Å². The Balaban J connectivity index is 2.35. The van der Waals surface area contributed by atoms with Gasteiger partial charge >= 0.3 is 0 Å². The van der Waals surface area contributed by atoms with Gasteiger partial charge in [-0.05, 0) is 12.1 Å². The first-order valence-corrected chi connectivity index (χ1v) is 4.90. The molecule has 0 amide bonds. The van der Waals surface area contributed by atoms with Gasteiger partial charge in [0.2, 0.25) is 0 Å². The third-order valence-electron chi connectivity index (χ3n) is 2.74. The highest BCUT2D eigenvalue weighted by molar-refractivity contribution is 5.63. The summed E-state index contributed by atoms with van der Waals surface area (Å²) in [5.74, 6) is 1.63. The minimum absolute atomic E-state index is 0.0182. The Bertz CT molecular complexity index is 354. The molecule has 1 heterocycles. The quantitative estimate of drug-likeness (QED) is 0.785. The molecule has 1 atom stereocenters. The van der Waals surface area contributed by atoms with Crippen LogP contribution in [0.4, 0.5) is 5.69 Å². The molecule has 0 aliphatic carbocycles. The van der Waals surface area contributed by atoms with Crippen LogP contribution in [0.25, 0.3) is 0 Å². The van der Waals surface area contributed by atoms with Crippen molar-refractivity contribution in [2.75, 3.05) is 32.3 Å². The number of likely N-dealkylation sites (N-methyl/N-ethyl adjacent to an activating group) is 1. The molecule has 1 aromatic rings. The predicted octanol–water partition coefficient (Wildman–Crippen LogP) is 0.885. The molecular formula is C11H15NO3. The Morgan fingerprint density at radius 1 is 1.60 bits per heavy atom. The van der Waals surface area contributed by atoms with Crippen LogP contribution in [-0.2, 0) is 0 Å². The minimum Gasteiger partial charge on any atom is -0.497 e. The first-order valence-electron chi connectivity index (χ1n) is 4.90. The first-order chi connectivity index (χ1) is 7.26. The van der Waals surface area contributed by atoms with Crippen molar-refractivity contribution >= 4 is 5.69 Å². The topological polar surface area (TPSA) is 41.9 Å². The zero-order valence-corrected chi connectivity index (χ0v) is 8.93. The molecule has 1 aromatic carbocycles. The zero-order valence-electron chi connectivity index (χ0n) is 8.93. The van der Waals surface area contributed by atoms with Crippen LogP contribution < -0.4 is 14.4 Å². The standard InChI is InChI=1S/C11H15NO3/c1-12-8(6-13)7-15-11-4-3-9(14-2)5-10(11)12/h3-5,8,13H,6-7H2,1-2H3. The summed E-state index contributed by atoms with van der Waals surface area (Å²) < 4.78 is 10.7. The molecule has 4 heteroatoms. The van der Waals surface area contributed by atoms with Crippen LogP contribution in [0.3, 0.4) is 0 Å². The normalized spacial score (nSPS) is 19.4. The van der Waals surface area contributed by atoms with Gasteiger partial charge in [-0.15, -0.1) is 0 Å². The van der Waals surface area contributed by atoms with Crippen molar-refractivity contribution in [3.63, 3.8) is 0 Å². The average Bonchev–Trinajstić information content (AvgIpc) is 2.29. The lowest BCUT2D eigenvalue weighted by Gasteiger charge is -2.34. The van der Waals surface area contributed by atoms with E-state index in [1.807, 2.05) is 30.1 Å². The Labute approximate surface area is 89.0 Å². The van der Waals surface area contributed by atoms with Crippen LogP contribution in [0.1, 0.15) is 0 Å². The van der Waals surface area contributed by atoms with E-state index in [-0.39, 0.29) is 12.6 Å². The molecule has 15 heavy (non-hydrogen) atoms. The third kappa shape index (κ3) is 1.72. The summed E-state index contributed by atoms with van der Waals surface area (Å²) in [5.41, 5.74) is 0.958. The summed E-state index contributed by atoms with van der Waals surface area (Å²) in [7, 11) is 3.58. The molecule has 0 fully saturated rings. The Hall–Kier alpha value is -1.42. The van der Waals surface area contributed by atoms with Gasteiger partial charge in [-0.1, -0.05) is 0 Å². The maximum atomic E-state index is 9.16. The minimum atomic E-state index is 0.0182. The number of anilines is 1. The SMILES string of the molecule is COc1ccc2c(c1)N(C)C(CO)CO2. The number of methoxy groups -OCH3 is 1. The van der Waals surface area contributed by atoms with Crippen LogP contribution in [0.2, 0.25) is 0 Å². The number of rotatable bonds is 2. The van der Waals surface area contributed by atoms with Gasteiger partial charge in [0.15, 0.2) is 0 Å².